The van der Waals surface area contributed by atoms with Gasteiger partial charge >= 0.3 is 0 Å². The largest absolute Gasteiger partial charge is 0.399 e. The number of nitrogen functional groups attached to an aromatic ring is 1. The van der Waals surface area contributed by atoms with Crippen LogP contribution >= 0.6 is 0 Å². The Morgan fingerprint density at radius 2 is 1.89 bits per heavy atom. The summed E-state index contributed by atoms with van der Waals surface area (Å²) in [5.41, 5.74) is 6.76. The van der Waals surface area contributed by atoms with Crippen molar-refractivity contribution in [3.8, 4) is 0 Å². The summed E-state index contributed by atoms with van der Waals surface area (Å²) in [5.74, 6) is -0.482. The Kier molecular flexibility index (Phi) is 4.65. The van der Waals surface area contributed by atoms with Crippen LogP contribution in [0.25, 0.3) is 0 Å². The molecule has 2 aromatic carbocycles. The number of nitrogens with two attached hydrogens (primary N) is 1. The zero-order valence-corrected chi connectivity index (χ0v) is 11.0. The van der Waals surface area contributed by atoms with Crippen molar-refractivity contribution in [2.24, 2.45) is 0 Å². The van der Waals surface area contributed by atoms with Gasteiger partial charge in [0.2, 0.25) is 0 Å². The first-order valence-electron chi connectivity index (χ1n) is 5.71. The molecule has 5 heteroatoms. The van der Waals surface area contributed by atoms with Gasteiger partial charge in [-0.25, -0.2) is 4.39 Å². The molecule has 19 heavy (non-hydrogen) atoms. The van der Waals surface area contributed by atoms with E-state index in [1.807, 2.05) is 30.3 Å². The van der Waals surface area contributed by atoms with Gasteiger partial charge in [0.05, 0.1) is 17.4 Å². The number of benzene rings is 2. The highest BCUT2D eigenvalue weighted by Gasteiger charge is 2.07. The number of rotatable bonds is 5. The van der Waals surface area contributed by atoms with Crippen molar-refractivity contribution in [3.05, 3.63) is 59.9 Å². The minimum atomic E-state index is -1.42. The summed E-state index contributed by atoms with van der Waals surface area (Å²) in [4.78, 5) is 0.338. The molecular weight excluding hydrogens is 265 g/mol. The lowest BCUT2D eigenvalue weighted by molar-refractivity contribution is 0.166. The van der Waals surface area contributed by atoms with E-state index in [0.717, 1.165) is 5.56 Å². The van der Waals surface area contributed by atoms with Crippen LogP contribution in [0.15, 0.2) is 53.4 Å². The lowest BCUT2D eigenvalue weighted by Crippen LogP contribution is -2.04. The average molecular weight is 279 g/mol. The van der Waals surface area contributed by atoms with Crippen LogP contribution in [0.5, 0.6) is 0 Å². The molecule has 0 amide bonds. The third-order valence-corrected chi connectivity index (χ3v) is 3.60. The molecule has 0 saturated carbocycles. The third kappa shape index (κ3) is 4.15. The van der Waals surface area contributed by atoms with Gasteiger partial charge in [0.15, 0.2) is 0 Å². The minimum Gasteiger partial charge on any atom is -0.399 e. The van der Waals surface area contributed by atoms with Gasteiger partial charge < -0.3 is 10.5 Å². The molecule has 100 valence electrons. The zero-order chi connectivity index (χ0) is 13.7. The van der Waals surface area contributed by atoms with Crippen LogP contribution in [0.3, 0.4) is 0 Å². The van der Waals surface area contributed by atoms with Crippen LogP contribution in [0, 0.1) is 5.82 Å². The van der Waals surface area contributed by atoms with E-state index in [2.05, 4.69) is 0 Å². The van der Waals surface area contributed by atoms with E-state index in [1.165, 1.54) is 18.2 Å². The van der Waals surface area contributed by atoms with Crippen molar-refractivity contribution < 1.29 is 13.3 Å². The Hall–Kier alpha value is -1.72. The Bertz CT molecular complexity index is 555. The molecule has 1 unspecified atom stereocenters. The van der Waals surface area contributed by atoms with Crippen LogP contribution in [-0.4, -0.2) is 10.1 Å². The molecule has 0 spiro atoms. The molecular formula is C14H14FNO2S. The molecule has 0 aliphatic carbocycles. The van der Waals surface area contributed by atoms with Crippen LogP contribution < -0.4 is 5.73 Å². The summed E-state index contributed by atoms with van der Waals surface area (Å²) in [7, 11) is -1.42. The number of hydrogen-bond acceptors (Lipinski definition) is 3. The Balaban J connectivity index is 1.91. The van der Waals surface area contributed by atoms with E-state index in [0.29, 0.717) is 11.5 Å². The number of hydrogen-bond donors (Lipinski definition) is 1. The van der Waals surface area contributed by atoms with Gasteiger partial charge in [-0.3, -0.25) is 4.21 Å². The van der Waals surface area contributed by atoms with Crippen molar-refractivity contribution in [3.63, 3.8) is 0 Å². The van der Waals surface area contributed by atoms with Crippen LogP contribution in [-0.2, 0) is 22.1 Å². The minimum absolute atomic E-state index is 0.0117. The van der Waals surface area contributed by atoms with Crippen LogP contribution in [0.4, 0.5) is 10.1 Å². The van der Waals surface area contributed by atoms with Crippen molar-refractivity contribution in [1.82, 2.24) is 0 Å². The molecule has 0 aliphatic rings. The lowest BCUT2D eigenvalue weighted by atomic mass is 10.2. The van der Waals surface area contributed by atoms with Gasteiger partial charge in [0.1, 0.15) is 11.8 Å². The molecule has 0 aliphatic heterocycles. The second-order valence-electron chi connectivity index (χ2n) is 4.02. The zero-order valence-electron chi connectivity index (χ0n) is 10.2. The molecule has 2 N–H and O–H groups in total. The molecule has 0 heterocycles. The molecule has 2 aromatic rings. The van der Waals surface area contributed by atoms with E-state index < -0.39 is 16.6 Å². The van der Waals surface area contributed by atoms with E-state index in [-0.39, 0.29) is 11.6 Å². The van der Waals surface area contributed by atoms with Gasteiger partial charge in [-0.15, -0.1) is 0 Å². The normalized spacial score (nSPS) is 12.3. The van der Waals surface area contributed by atoms with Crippen molar-refractivity contribution in [1.29, 1.82) is 0 Å². The first-order valence-corrected chi connectivity index (χ1v) is 7.03. The Labute approximate surface area is 113 Å². The maximum absolute atomic E-state index is 13.1. The average Bonchev–Trinajstić information content (AvgIpc) is 2.38. The van der Waals surface area contributed by atoms with E-state index >= 15 is 0 Å². The monoisotopic (exact) mass is 279 g/mol. The lowest BCUT2D eigenvalue weighted by Gasteiger charge is -2.06. The van der Waals surface area contributed by atoms with Crippen LogP contribution in [0.2, 0.25) is 0 Å². The molecule has 2 rings (SSSR count). The van der Waals surface area contributed by atoms with Crippen molar-refractivity contribution in [2.45, 2.75) is 11.5 Å². The van der Waals surface area contributed by atoms with E-state index in [1.54, 1.807) is 0 Å². The smallest absolute Gasteiger partial charge is 0.127 e. The fraction of sp³-hybridized carbons (Fsp3) is 0.143. The fourth-order valence-corrected chi connectivity index (χ4v) is 2.48. The second-order valence-corrected chi connectivity index (χ2v) is 5.42. The molecule has 0 fully saturated rings. The summed E-state index contributed by atoms with van der Waals surface area (Å²) in [6.07, 6.45) is 0. The first kappa shape index (κ1) is 13.7. The maximum atomic E-state index is 13.1. The molecule has 3 nitrogen and oxygen atoms in total. The third-order valence-electron chi connectivity index (χ3n) is 2.46. The topological polar surface area (TPSA) is 52.3 Å². The number of halogens is 1. The van der Waals surface area contributed by atoms with Gasteiger partial charge in [0, 0.05) is 10.6 Å². The van der Waals surface area contributed by atoms with E-state index in [9.17, 15) is 8.60 Å². The molecule has 0 aromatic heterocycles. The second kappa shape index (κ2) is 6.45. The quantitative estimate of drug-likeness (QED) is 0.856. The fourth-order valence-electron chi connectivity index (χ4n) is 1.59. The summed E-state index contributed by atoms with van der Waals surface area (Å²) in [5, 5.41) is 0. The summed E-state index contributed by atoms with van der Waals surface area (Å²) < 4.78 is 30.4. The van der Waals surface area contributed by atoms with Gasteiger partial charge in [-0.05, 0) is 23.8 Å². The highest BCUT2D eigenvalue weighted by atomic mass is 32.2. The molecule has 0 radical (unpaired) electrons. The molecule has 0 saturated heterocycles. The summed E-state index contributed by atoms with van der Waals surface area (Å²) >= 11 is 0. The highest BCUT2D eigenvalue weighted by molar-refractivity contribution is 7.84. The standard InChI is InChI=1S/C14H14FNO2S/c15-12-6-13(16)8-14(7-12)19(17)10-18-9-11-4-2-1-3-5-11/h1-8H,9-10,16H2. The predicted molar refractivity (Wildman–Crippen MR) is 73.3 cm³/mol. The van der Waals surface area contributed by atoms with Gasteiger partial charge in [0.25, 0.3) is 0 Å². The summed E-state index contributed by atoms with van der Waals surface area (Å²) in [6.45, 7) is 0.372. The summed E-state index contributed by atoms with van der Waals surface area (Å²) in [6, 6.07) is 13.4. The molecule has 0 bridgehead atoms. The maximum Gasteiger partial charge on any atom is 0.127 e. The Morgan fingerprint density at radius 1 is 1.16 bits per heavy atom. The number of anilines is 1. The highest BCUT2D eigenvalue weighted by Crippen LogP contribution is 2.15. The molecule has 1 atom stereocenters. The van der Waals surface area contributed by atoms with E-state index in [4.69, 9.17) is 10.5 Å². The number of ether oxygens (including phenoxy) is 1. The van der Waals surface area contributed by atoms with Crippen molar-refractivity contribution in [2.75, 3.05) is 11.7 Å². The predicted octanol–water partition coefficient (Wildman–Crippen LogP) is 2.69. The van der Waals surface area contributed by atoms with Crippen LogP contribution in [0.1, 0.15) is 5.56 Å². The Morgan fingerprint density at radius 3 is 2.58 bits per heavy atom. The van der Waals surface area contributed by atoms with Crippen molar-refractivity contribution >= 4 is 16.5 Å². The van der Waals surface area contributed by atoms with Gasteiger partial charge in [-0.2, -0.15) is 0 Å². The SMILES string of the molecule is Nc1cc(F)cc(S(=O)COCc2ccccc2)c1. The van der Waals surface area contributed by atoms with Gasteiger partial charge in [-0.1, -0.05) is 30.3 Å². The first-order chi connectivity index (χ1) is 9.15.